The van der Waals surface area contributed by atoms with Crippen LogP contribution < -0.4 is 10.5 Å². The van der Waals surface area contributed by atoms with Crippen LogP contribution in [0.25, 0.3) is 0 Å². The molecule has 3 atom stereocenters. The van der Waals surface area contributed by atoms with Gasteiger partial charge in [0.1, 0.15) is 11.6 Å². The third kappa shape index (κ3) is 4.26. The lowest BCUT2D eigenvalue weighted by molar-refractivity contribution is -0.125. The first-order chi connectivity index (χ1) is 15.3. The topological polar surface area (TPSA) is 94.6 Å². The molecule has 0 aliphatic carbocycles. The monoisotopic (exact) mass is 487 g/mol. The van der Waals surface area contributed by atoms with Crippen LogP contribution in [-0.2, 0) is 21.0 Å². The largest absolute Gasteiger partial charge is 0.465 e. The Labute approximate surface area is 187 Å². The number of pyridine rings is 1. The van der Waals surface area contributed by atoms with Crippen molar-refractivity contribution in [1.29, 1.82) is 0 Å². The van der Waals surface area contributed by atoms with E-state index in [2.05, 4.69) is 9.98 Å². The number of aryl methyl sites for hydroxylation is 1. The van der Waals surface area contributed by atoms with Crippen molar-refractivity contribution in [2.45, 2.75) is 36.6 Å². The second kappa shape index (κ2) is 8.65. The molecule has 3 unspecified atom stereocenters. The molecule has 2 heterocycles. The number of aromatic nitrogens is 1. The molecule has 1 aromatic carbocycles. The van der Waals surface area contributed by atoms with E-state index in [4.69, 9.17) is 10.5 Å². The molecule has 176 valence electrons. The van der Waals surface area contributed by atoms with Gasteiger partial charge in [0.2, 0.25) is 18.1 Å². The van der Waals surface area contributed by atoms with Gasteiger partial charge in [0.15, 0.2) is 5.41 Å². The number of nitrogens with two attached hydrogens (primary N) is 1. The summed E-state index contributed by atoms with van der Waals surface area (Å²) in [6.45, 7) is 2.42. The highest BCUT2D eigenvalue weighted by Gasteiger charge is 2.55. The number of alkyl halides is 3. The first kappa shape index (κ1) is 24.5. The van der Waals surface area contributed by atoms with Gasteiger partial charge in [-0.1, -0.05) is 6.07 Å². The van der Waals surface area contributed by atoms with Crippen LogP contribution in [-0.4, -0.2) is 40.0 Å². The maximum absolute atomic E-state index is 14.2. The van der Waals surface area contributed by atoms with Crippen LogP contribution in [0.2, 0.25) is 0 Å². The van der Waals surface area contributed by atoms with Gasteiger partial charge in [0.05, 0.1) is 27.0 Å². The van der Waals surface area contributed by atoms with Crippen molar-refractivity contribution in [3.05, 3.63) is 64.5 Å². The lowest BCUT2D eigenvalue weighted by Gasteiger charge is -2.40. The summed E-state index contributed by atoms with van der Waals surface area (Å²) in [7, 11) is -1.88. The molecule has 12 heteroatoms. The Morgan fingerprint density at radius 3 is 2.39 bits per heavy atom. The van der Waals surface area contributed by atoms with Gasteiger partial charge >= 0.3 is 6.18 Å². The van der Waals surface area contributed by atoms with Crippen molar-refractivity contribution in [2.24, 2.45) is 10.7 Å². The lowest BCUT2D eigenvalue weighted by atomic mass is 9.69. The summed E-state index contributed by atoms with van der Waals surface area (Å²) in [5.74, 6) is -3.03. The van der Waals surface area contributed by atoms with Crippen LogP contribution >= 0.6 is 0 Å². The second-order valence-electron chi connectivity index (χ2n) is 7.27. The minimum absolute atomic E-state index is 0.0429. The van der Waals surface area contributed by atoms with Gasteiger partial charge in [-0.15, -0.1) is 0 Å². The SMILES string of the molecule is CC1=C(C(F)(F)F)C=NC(Oc2ccc(F)nc2C)C1(C(N)=O)c1ccc(F)c(S(C)=O)c1. The number of carbonyl (C=O) groups is 1. The van der Waals surface area contributed by atoms with E-state index in [1.807, 2.05) is 0 Å². The lowest BCUT2D eigenvalue weighted by Crippen LogP contribution is -2.55. The van der Waals surface area contributed by atoms with Crippen LogP contribution in [0.15, 0.2) is 51.4 Å². The zero-order valence-electron chi connectivity index (χ0n) is 17.5. The van der Waals surface area contributed by atoms with E-state index in [1.54, 1.807) is 0 Å². The number of benzene rings is 1. The zero-order chi connectivity index (χ0) is 24.7. The summed E-state index contributed by atoms with van der Waals surface area (Å²) in [4.78, 5) is 19.9. The molecular weight excluding hydrogens is 469 g/mol. The molecule has 1 aromatic heterocycles. The number of hydrogen-bond acceptors (Lipinski definition) is 5. The molecule has 0 radical (unpaired) electrons. The molecule has 1 amide bonds. The Bertz CT molecular complexity index is 1210. The fraction of sp³-hybridized carbons (Fsp3) is 0.286. The van der Waals surface area contributed by atoms with Gasteiger partial charge in [-0.3, -0.25) is 9.00 Å². The molecule has 1 aliphatic heterocycles. The number of ether oxygens (including phenoxy) is 1. The number of aliphatic imine (C=N–C) groups is 1. The Morgan fingerprint density at radius 1 is 1.18 bits per heavy atom. The summed E-state index contributed by atoms with van der Waals surface area (Å²) < 4.78 is 86.6. The van der Waals surface area contributed by atoms with Crippen molar-refractivity contribution < 1.29 is 35.7 Å². The van der Waals surface area contributed by atoms with Gasteiger partial charge in [-0.2, -0.15) is 17.6 Å². The summed E-state index contributed by atoms with van der Waals surface area (Å²) in [6.07, 6.45) is -4.90. The maximum atomic E-state index is 14.2. The molecule has 0 spiro atoms. The number of amides is 1. The summed E-state index contributed by atoms with van der Waals surface area (Å²) in [5, 5.41) is 0. The van der Waals surface area contributed by atoms with Crippen molar-refractivity contribution in [3.8, 4) is 5.75 Å². The maximum Gasteiger partial charge on any atom is 0.417 e. The third-order valence-corrected chi connectivity index (χ3v) is 6.27. The first-order valence-corrected chi connectivity index (χ1v) is 10.9. The third-order valence-electron chi connectivity index (χ3n) is 5.34. The van der Waals surface area contributed by atoms with Gasteiger partial charge < -0.3 is 10.5 Å². The predicted octanol–water partition coefficient (Wildman–Crippen LogP) is 3.50. The smallest absolute Gasteiger partial charge is 0.417 e. The average molecular weight is 487 g/mol. The second-order valence-corrected chi connectivity index (χ2v) is 8.62. The molecule has 2 N–H and O–H groups in total. The van der Waals surface area contributed by atoms with Crippen LogP contribution in [0.5, 0.6) is 5.75 Å². The van der Waals surface area contributed by atoms with Crippen molar-refractivity contribution in [1.82, 2.24) is 4.98 Å². The average Bonchev–Trinajstić information content (AvgIpc) is 2.69. The molecular formula is C21H18F5N3O3S. The van der Waals surface area contributed by atoms with Crippen molar-refractivity contribution >= 4 is 22.9 Å². The quantitative estimate of drug-likeness (QED) is 0.516. The Hall–Kier alpha value is -3.15. The molecule has 2 aromatic rings. The number of dihydropyridines is 1. The standard InChI is InChI=1S/C21H18F5N3O3S/c1-10-13(21(24,25)26)9-28-19(32-15-6-7-17(23)29-11(15)2)20(10,18(27)30)12-4-5-14(22)16(8-12)33(3)31/h4-9,19H,1-3H3,(H2,27,30). The number of carbonyl (C=O) groups excluding carboxylic acids is 1. The van der Waals surface area contributed by atoms with Gasteiger partial charge in [-0.25, -0.2) is 14.4 Å². The van der Waals surface area contributed by atoms with E-state index in [1.165, 1.54) is 19.2 Å². The molecule has 3 rings (SSSR count). The molecule has 0 bridgehead atoms. The number of nitrogens with zero attached hydrogens (tertiary/aromatic N) is 2. The van der Waals surface area contributed by atoms with Gasteiger partial charge in [-0.05, 0) is 49.2 Å². The minimum Gasteiger partial charge on any atom is -0.465 e. The van der Waals surface area contributed by atoms with Crippen molar-refractivity contribution in [2.75, 3.05) is 6.26 Å². The van der Waals surface area contributed by atoms with E-state index < -0.39 is 57.4 Å². The number of allylic oxidation sites excluding steroid dienone is 1. The zero-order valence-corrected chi connectivity index (χ0v) is 18.4. The molecule has 0 saturated heterocycles. The van der Waals surface area contributed by atoms with Crippen LogP contribution in [0.1, 0.15) is 18.2 Å². The van der Waals surface area contributed by atoms with Crippen LogP contribution in [0, 0.1) is 18.7 Å². The molecule has 0 saturated carbocycles. The number of rotatable bonds is 5. The fourth-order valence-electron chi connectivity index (χ4n) is 3.69. The highest BCUT2D eigenvalue weighted by molar-refractivity contribution is 7.84. The summed E-state index contributed by atoms with van der Waals surface area (Å²) in [6, 6.07) is 5.06. The van der Waals surface area contributed by atoms with Crippen LogP contribution in [0.4, 0.5) is 22.0 Å². The van der Waals surface area contributed by atoms with E-state index in [0.29, 0.717) is 6.21 Å². The van der Waals surface area contributed by atoms with E-state index in [-0.39, 0.29) is 21.9 Å². The van der Waals surface area contributed by atoms with Crippen LogP contribution in [0.3, 0.4) is 0 Å². The molecule has 0 fully saturated rings. The Balaban J connectivity index is 2.32. The minimum atomic E-state index is -4.90. The predicted molar refractivity (Wildman–Crippen MR) is 110 cm³/mol. The fourth-order valence-corrected chi connectivity index (χ4v) is 4.33. The van der Waals surface area contributed by atoms with Crippen molar-refractivity contribution in [3.63, 3.8) is 0 Å². The summed E-state index contributed by atoms with van der Waals surface area (Å²) >= 11 is 0. The normalized spacial score (nSPS) is 21.8. The number of hydrogen-bond donors (Lipinski definition) is 1. The Kier molecular flexibility index (Phi) is 6.42. The van der Waals surface area contributed by atoms with E-state index in [0.717, 1.165) is 31.2 Å². The molecule has 33 heavy (non-hydrogen) atoms. The Morgan fingerprint density at radius 2 is 1.85 bits per heavy atom. The molecule has 6 nitrogen and oxygen atoms in total. The highest BCUT2D eigenvalue weighted by atomic mass is 32.2. The van der Waals surface area contributed by atoms with E-state index >= 15 is 0 Å². The molecule has 1 aliphatic rings. The first-order valence-electron chi connectivity index (χ1n) is 9.35. The number of halogens is 5. The highest BCUT2D eigenvalue weighted by Crippen LogP contribution is 2.45. The van der Waals surface area contributed by atoms with E-state index in [9.17, 15) is 31.0 Å². The summed E-state index contributed by atoms with van der Waals surface area (Å²) in [5.41, 5.74) is 1.36. The number of primary amides is 1. The van der Waals surface area contributed by atoms with Gasteiger partial charge in [0.25, 0.3) is 0 Å². The van der Waals surface area contributed by atoms with Gasteiger partial charge in [0, 0.05) is 12.5 Å².